The second-order valence-corrected chi connectivity index (χ2v) is 5.82. The molecular weight excluding hydrogens is 322 g/mol. The van der Waals surface area contributed by atoms with Crippen LogP contribution in [0.5, 0.6) is 0 Å². The molecule has 0 unspecified atom stereocenters. The van der Waals surface area contributed by atoms with E-state index in [4.69, 9.17) is 14.3 Å². The molecule has 0 bridgehead atoms. The minimum atomic E-state index is -0.956. The lowest BCUT2D eigenvalue weighted by Gasteiger charge is -2.21. The van der Waals surface area contributed by atoms with Crippen LogP contribution in [0.1, 0.15) is 33.9 Å². The minimum Gasteiger partial charge on any atom is -0.478 e. The van der Waals surface area contributed by atoms with Crippen LogP contribution in [0.3, 0.4) is 0 Å². The Bertz CT molecular complexity index is 705. The molecule has 0 saturated carbocycles. The summed E-state index contributed by atoms with van der Waals surface area (Å²) in [6.45, 7) is 3.23. The van der Waals surface area contributed by atoms with Gasteiger partial charge in [0, 0.05) is 20.1 Å². The van der Waals surface area contributed by atoms with Crippen LogP contribution in [0.15, 0.2) is 40.8 Å². The third kappa shape index (κ3) is 5.76. The molecule has 6 heteroatoms. The number of carboxylic acid groups (broad SMARTS) is 1. The van der Waals surface area contributed by atoms with Gasteiger partial charge >= 0.3 is 5.97 Å². The zero-order valence-corrected chi connectivity index (χ0v) is 14.5. The third-order valence-corrected chi connectivity index (χ3v) is 3.89. The Balaban J connectivity index is 1.94. The molecule has 2 aromatic rings. The van der Waals surface area contributed by atoms with Crippen LogP contribution in [-0.2, 0) is 22.5 Å². The molecule has 0 fully saturated rings. The zero-order valence-electron chi connectivity index (χ0n) is 14.5. The summed E-state index contributed by atoms with van der Waals surface area (Å²) in [6, 6.07) is 10.3. The second-order valence-electron chi connectivity index (χ2n) is 5.82. The van der Waals surface area contributed by atoms with E-state index < -0.39 is 5.97 Å². The van der Waals surface area contributed by atoms with Gasteiger partial charge < -0.3 is 19.2 Å². The van der Waals surface area contributed by atoms with Gasteiger partial charge in [-0.25, -0.2) is 4.79 Å². The highest BCUT2D eigenvalue weighted by Crippen LogP contribution is 2.12. The Morgan fingerprint density at radius 3 is 2.44 bits per heavy atom. The van der Waals surface area contributed by atoms with Crippen molar-refractivity contribution < 1.29 is 23.8 Å². The van der Waals surface area contributed by atoms with Crippen molar-refractivity contribution in [3.05, 3.63) is 59.0 Å². The number of furan rings is 1. The maximum atomic E-state index is 12.5. The lowest BCUT2D eigenvalue weighted by Crippen LogP contribution is -2.33. The quantitative estimate of drug-likeness (QED) is 0.756. The van der Waals surface area contributed by atoms with Crippen molar-refractivity contribution in [2.45, 2.75) is 26.3 Å². The fourth-order valence-electron chi connectivity index (χ4n) is 2.48. The van der Waals surface area contributed by atoms with Gasteiger partial charge in [0.15, 0.2) is 0 Å². The van der Waals surface area contributed by atoms with Gasteiger partial charge in [-0.05, 0) is 43.2 Å². The number of amides is 1. The molecule has 2 rings (SSSR count). The second kappa shape index (κ2) is 9.03. The van der Waals surface area contributed by atoms with Crippen molar-refractivity contribution in [3.8, 4) is 0 Å². The maximum Gasteiger partial charge on any atom is 0.335 e. The topological polar surface area (TPSA) is 80.0 Å². The molecule has 0 aliphatic carbocycles. The third-order valence-electron chi connectivity index (χ3n) is 3.89. The Labute approximate surface area is 147 Å². The summed E-state index contributed by atoms with van der Waals surface area (Å²) < 4.78 is 10.6. The number of aromatic carboxylic acids is 1. The van der Waals surface area contributed by atoms with Crippen LogP contribution < -0.4 is 0 Å². The number of hydrogen-bond donors (Lipinski definition) is 1. The Morgan fingerprint density at radius 2 is 1.88 bits per heavy atom. The first-order valence-electron chi connectivity index (χ1n) is 8.14. The largest absolute Gasteiger partial charge is 0.478 e. The van der Waals surface area contributed by atoms with E-state index in [2.05, 4.69) is 0 Å². The van der Waals surface area contributed by atoms with Crippen molar-refractivity contribution in [1.82, 2.24) is 4.90 Å². The minimum absolute atomic E-state index is 0.00779. The molecule has 1 amide bonds. The van der Waals surface area contributed by atoms with Gasteiger partial charge in [0.1, 0.15) is 11.5 Å². The molecule has 1 N–H and O–H groups in total. The van der Waals surface area contributed by atoms with E-state index in [0.717, 1.165) is 17.1 Å². The number of nitrogens with zero attached hydrogens (tertiary/aromatic N) is 1. The van der Waals surface area contributed by atoms with Gasteiger partial charge in [0.2, 0.25) is 5.91 Å². The van der Waals surface area contributed by atoms with E-state index in [9.17, 15) is 9.59 Å². The van der Waals surface area contributed by atoms with Gasteiger partial charge in [-0.15, -0.1) is 0 Å². The summed E-state index contributed by atoms with van der Waals surface area (Å²) in [4.78, 5) is 25.1. The molecule has 0 spiro atoms. The van der Waals surface area contributed by atoms with Gasteiger partial charge in [0.25, 0.3) is 0 Å². The molecule has 0 aliphatic rings. The number of rotatable bonds is 9. The van der Waals surface area contributed by atoms with Crippen molar-refractivity contribution in [2.75, 3.05) is 20.3 Å². The summed E-state index contributed by atoms with van der Waals surface area (Å²) in [5.74, 6) is 0.607. The fourth-order valence-corrected chi connectivity index (χ4v) is 2.48. The monoisotopic (exact) mass is 345 g/mol. The van der Waals surface area contributed by atoms with E-state index >= 15 is 0 Å². The molecule has 25 heavy (non-hydrogen) atoms. The molecule has 1 heterocycles. The first-order valence-corrected chi connectivity index (χ1v) is 8.14. The Kier molecular flexibility index (Phi) is 6.77. The van der Waals surface area contributed by atoms with Crippen LogP contribution in [0.4, 0.5) is 0 Å². The van der Waals surface area contributed by atoms with Crippen molar-refractivity contribution >= 4 is 11.9 Å². The molecule has 0 radical (unpaired) electrons. The molecule has 0 saturated heterocycles. The number of benzene rings is 1. The van der Waals surface area contributed by atoms with E-state index in [-0.39, 0.29) is 11.5 Å². The van der Waals surface area contributed by atoms with E-state index in [1.807, 2.05) is 19.1 Å². The summed E-state index contributed by atoms with van der Waals surface area (Å²) in [6.07, 6.45) is 0.898. The standard InChI is InChI=1S/C19H23NO5/c1-14-3-9-17(25-14)13-20(11-12-24-2)18(21)10-6-15-4-7-16(8-5-15)19(22)23/h3-5,7-9H,6,10-13H2,1-2H3,(H,22,23). The van der Waals surface area contributed by atoms with E-state index in [1.54, 1.807) is 36.3 Å². The highest BCUT2D eigenvalue weighted by molar-refractivity contribution is 5.87. The van der Waals surface area contributed by atoms with Gasteiger partial charge in [-0.2, -0.15) is 0 Å². The first-order chi connectivity index (χ1) is 12.0. The van der Waals surface area contributed by atoms with Crippen LogP contribution in [0.2, 0.25) is 0 Å². The highest BCUT2D eigenvalue weighted by atomic mass is 16.5. The number of methoxy groups -OCH3 is 1. The van der Waals surface area contributed by atoms with Crippen molar-refractivity contribution in [1.29, 1.82) is 0 Å². The number of carbonyl (C=O) groups excluding carboxylic acids is 1. The van der Waals surface area contributed by atoms with Crippen LogP contribution in [-0.4, -0.2) is 42.1 Å². The lowest BCUT2D eigenvalue weighted by atomic mass is 10.1. The number of carbonyl (C=O) groups is 2. The molecule has 0 aliphatic heterocycles. The molecule has 134 valence electrons. The van der Waals surface area contributed by atoms with Crippen LogP contribution >= 0.6 is 0 Å². The van der Waals surface area contributed by atoms with Crippen LogP contribution in [0, 0.1) is 6.92 Å². The molecular formula is C19H23NO5. The van der Waals surface area contributed by atoms with Gasteiger partial charge in [0.05, 0.1) is 18.7 Å². The normalized spacial score (nSPS) is 10.6. The predicted octanol–water partition coefficient (Wildman–Crippen LogP) is 2.89. The Hall–Kier alpha value is -2.60. The van der Waals surface area contributed by atoms with Crippen molar-refractivity contribution in [3.63, 3.8) is 0 Å². The maximum absolute atomic E-state index is 12.5. The van der Waals surface area contributed by atoms with Gasteiger partial charge in [-0.1, -0.05) is 12.1 Å². The molecule has 6 nitrogen and oxygen atoms in total. The molecule has 1 aromatic carbocycles. The highest BCUT2D eigenvalue weighted by Gasteiger charge is 2.15. The summed E-state index contributed by atoms with van der Waals surface area (Å²) >= 11 is 0. The molecule has 0 atom stereocenters. The zero-order chi connectivity index (χ0) is 18.2. The van der Waals surface area contributed by atoms with Crippen LogP contribution in [0.25, 0.3) is 0 Å². The van der Waals surface area contributed by atoms with E-state index in [0.29, 0.717) is 32.5 Å². The SMILES string of the molecule is COCCN(Cc1ccc(C)o1)C(=O)CCc1ccc(C(=O)O)cc1. The molecule has 1 aromatic heterocycles. The number of ether oxygens (including phenoxy) is 1. The summed E-state index contributed by atoms with van der Waals surface area (Å²) in [5, 5.41) is 8.91. The number of carboxylic acids is 1. The van der Waals surface area contributed by atoms with Gasteiger partial charge in [-0.3, -0.25) is 4.79 Å². The predicted molar refractivity (Wildman–Crippen MR) is 92.5 cm³/mol. The average Bonchev–Trinajstić information content (AvgIpc) is 3.01. The summed E-state index contributed by atoms with van der Waals surface area (Å²) in [5.41, 5.74) is 1.17. The number of hydrogen-bond acceptors (Lipinski definition) is 4. The first kappa shape index (κ1) is 18.7. The van der Waals surface area contributed by atoms with Crippen molar-refractivity contribution in [2.24, 2.45) is 0 Å². The number of aryl methyl sites for hydroxylation is 2. The fraction of sp³-hybridized carbons (Fsp3) is 0.368. The average molecular weight is 345 g/mol. The van der Waals surface area contributed by atoms with E-state index in [1.165, 1.54) is 0 Å². The summed E-state index contributed by atoms with van der Waals surface area (Å²) in [7, 11) is 1.60. The lowest BCUT2D eigenvalue weighted by molar-refractivity contribution is -0.132. The smallest absolute Gasteiger partial charge is 0.335 e. The Morgan fingerprint density at radius 1 is 1.16 bits per heavy atom.